The van der Waals surface area contributed by atoms with Gasteiger partial charge in [-0.25, -0.2) is 8.42 Å². The second kappa shape index (κ2) is 5.76. The topological polar surface area (TPSA) is 37.4 Å². The number of rotatable bonds is 2. The summed E-state index contributed by atoms with van der Waals surface area (Å²) in [5, 5.41) is 0. The van der Waals surface area contributed by atoms with E-state index in [0.29, 0.717) is 11.4 Å². The average molecular weight is 359 g/mol. The van der Waals surface area contributed by atoms with E-state index in [9.17, 15) is 21.6 Å². The van der Waals surface area contributed by atoms with Crippen molar-refractivity contribution in [3.8, 4) is 0 Å². The summed E-state index contributed by atoms with van der Waals surface area (Å²) in [5.74, 6) is 0.594. The third-order valence-electron chi connectivity index (χ3n) is 3.46. The minimum absolute atomic E-state index is 0.146. The lowest BCUT2D eigenvalue weighted by Crippen LogP contribution is -2.35. The van der Waals surface area contributed by atoms with E-state index in [4.69, 9.17) is 0 Å². The van der Waals surface area contributed by atoms with Gasteiger partial charge in [0.2, 0.25) is 0 Å². The summed E-state index contributed by atoms with van der Waals surface area (Å²) in [6.07, 6.45) is -4.49. The van der Waals surface area contributed by atoms with Gasteiger partial charge >= 0.3 is 6.18 Å². The summed E-state index contributed by atoms with van der Waals surface area (Å²) < 4.78 is 64.6. The van der Waals surface area contributed by atoms with Crippen LogP contribution in [-0.2, 0) is 16.2 Å². The van der Waals surface area contributed by atoms with Crippen LogP contribution in [-0.4, -0.2) is 20.7 Å². The second-order valence-corrected chi connectivity index (χ2v) is 7.91. The molecule has 0 bridgehead atoms. The number of fused-ring (bicyclic) bond motifs is 1. The molecule has 0 saturated heterocycles. The maximum Gasteiger partial charge on any atom is 0.416 e. The highest BCUT2D eigenvalue weighted by Gasteiger charge is 2.32. The lowest BCUT2D eigenvalue weighted by molar-refractivity contribution is -0.137. The van der Waals surface area contributed by atoms with Gasteiger partial charge in [0, 0.05) is 17.2 Å². The van der Waals surface area contributed by atoms with Gasteiger partial charge in [-0.15, -0.1) is 11.8 Å². The monoisotopic (exact) mass is 359 g/mol. The van der Waals surface area contributed by atoms with E-state index in [1.807, 2.05) is 12.1 Å². The standard InChI is InChI=1S/C15H12F3NO2S2/c16-15(17,18)11-5-7-12(8-6-11)23(20,21)19-9-10-22-14-4-2-1-3-13(14)19/h1-8H,9-10H2. The normalized spacial score (nSPS) is 15.3. The summed E-state index contributed by atoms with van der Waals surface area (Å²) in [5.41, 5.74) is -0.310. The van der Waals surface area contributed by atoms with Gasteiger partial charge in [0.25, 0.3) is 10.0 Å². The zero-order valence-electron chi connectivity index (χ0n) is 11.7. The van der Waals surface area contributed by atoms with Crippen molar-refractivity contribution < 1.29 is 21.6 Å². The molecule has 0 N–H and O–H groups in total. The first-order chi connectivity index (χ1) is 10.8. The summed E-state index contributed by atoms with van der Waals surface area (Å²) in [6, 6.07) is 10.7. The zero-order valence-corrected chi connectivity index (χ0v) is 13.4. The average Bonchev–Trinajstić information content (AvgIpc) is 2.53. The predicted octanol–water partition coefficient (Wildman–Crippen LogP) is 4.01. The van der Waals surface area contributed by atoms with Gasteiger partial charge in [-0.2, -0.15) is 13.2 Å². The molecule has 0 atom stereocenters. The lowest BCUT2D eigenvalue weighted by atomic mass is 10.2. The number of hydrogen-bond donors (Lipinski definition) is 0. The first-order valence-electron chi connectivity index (χ1n) is 6.72. The fourth-order valence-corrected chi connectivity index (χ4v) is 4.99. The summed E-state index contributed by atoms with van der Waals surface area (Å²) >= 11 is 1.55. The van der Waals surface area contributed by atoms with E-state index in [1.54, 1.807) is 23.9 Å². The molecule has 8 heteroatoms. The quantitative estimate of drug-likeness (QED) is 0.813. The Bertz CT molecular complexity index is 817. The van der Waals surface area contributed by atoms with E-state index >= 15 is 0 Å². The third kappa shape index (κ3) is 3.05. The van der Waals surface area contributed by atoms with E-state index in [1.165, 1.54) is 4.31 Å². The van der Waals surface area contributed by atoms with Gasteiger partial charge in [-0.3, -0.25) is 4.31 Å². The lowest BCUT2D eigenvalue weighted by Gasteiger charge is -2.30. The molecule has 0 radical (unpaired) electrons. The van der Waals surface area contributed by atoms with Crippen LogP contribution in [0.25, 0.3) is 0 Å². The highest BCUT2D eigenvalue weighted by atomic mass is 32.2. The van der Waals surface area contributed by atoms with E-state index in [0.717, 1.165) is 29.2 Å². The number of benzene rings is 2. The highest BCUT2D eigenvalue weighted by molar-refractivity contribution is 8.00. The van der Waals surface area contributed by atoms with E-state index in [-0.39, 0.29) is 11.4 Å². The zero-order chi connectivity index (χ0) is 16.7. The van der Waals surface area contributed by atoms with Gasteiger partial charge in [-0.1, -0.05) is 12.1 Å². The molecule has 0 aliphatic carbocycles. The van der Waals surface area contributed by atoms with Crippen LogP contribution < -0.4 is 4.31 Å². The van der Waals surface area contributed by atoms with Crippen LogP contribution in [0.2, 0.25) is 0 Å². The molecule has 122 valence electrons. The highest BCUT2D eigenvalue weighted by Crippen LogP contribution is 2.38. The van der Waals surface area contributed by atoms with Crippen LogP contribution in [0.3, 0.4) is 0 Å². The molecule has 0 saturated carbocycles. The van der Waals surface area contributed by atoms with Crippen molar-refractivity contribution in [1.82, 2.24) is 0 Å². The van der Waals surface area contributed by atoms with Crippen molar-refractivity contribution in [2.45, 2.75) is 16.0 Å². The third-order valence-corrected chi connectivity index (χ3v) is 6.33. The smallest absolute Gasteiger partial charge is 0.264 e. The Morgan fingerprint density at radius 1 is 1.00 bits per heavy atom. The maximum absolute atomic E-state index is 12.7. The summed E-state index contributed by atoms with van der Waals surface area (Å²) in [4.78, 5) is 0.696. The second-order valence-electron chi connectivity index (χ2n) is 4.92. The van der Waals surface area contributed by atoms with Crippen molar-refractivity contribution in [1.29, 1.82) is 0 Å². The van der Waals surface area contributed by atoms with Gasteiger partial charge in [-0.05, 0) is 36.4 Å². The van der Waals surface area contributed by atoms with Gasteiger partial charge in [0.05, 0.1) is 16.1 Å². The molecule has 0 spiro atoms. The Hall–Kier alpha value is -1.67. The summed E-state index contributed by atoms with van der Waals surface area (Å²) in [6.45, 7) is 0.283. The van der Waals surface area contributed by atoms with Gasteiger partial charge in [0.1, 0.15) is 0 Å². The van der Waals surface area contributed by atoms with Gasteiger partial charge < -0.3 is 0 Å². The molecular weight excluding hydrogens is 347 g/mol. The van der Waals surface area contributed by atoms with Crippen LogP contribution in [0.4, 0.5) is 18.9 Å². The number of alkyl halides is 3. The minimum Gasteiger partial charge on any atom is -0.264 e. The fourth-order valence-electron chi connectivity index (χ4n) is 2.34. The maximum atomic E-state index is 12.7. The van der Waals surface area contributed by atoms with Crippen LogP contribution in [0.1, 0.15) is 5.56 Å². The molecule has 23 heavy (non-hydrogen) atoms. The Balaban J connectivity index is 2.00. The molecule has 0 amide bonds. The Labute approximate surface area is 136 Å². The largest absolute Gasteiger partial charge is 0.416 e. The molecule has 1 heterocycles. The molecule has 3 rings (SSSR count). The number of anilines is 1. The van der Waals surface area contributed by atoms with Crippen LogP contribution in [0.15, 0.2) is 58.3 Å². The van der Waals surface area contributed by atoms with Crippen molar-refractivity contribution in [3.63, 3.8) is 0 Å². The summed E-state index contributed by atoms with van der Waals surface area (Å²) in [7, 11) is -3.89. The molecule has 0 aromatic heterocycles. The first-order valence-corrected chi connectivity index (χ1v) is 9.14. The van der Waals surface area contributed by atoms with Crippen molar-refractivity contribution in [2.75, 3.05) is 16.6 Å². The SMILES string of the molecule is O=S(=O)(c1ccc(C(F)(F)F)cc1)N1CCSc2ccccc21. The van der Waals surface area contributed by atoms with Crippen LogP contribution >= 0.6 is 11.8 Å². The van der Waals surface area contributed by atoms with Crippen molar-refractivity contribution in [3.05, 3.63) is 54.1 Å². The molecular formula is C15H12F3NO2S2. The van der Waals surface area contributed by atoms with Gasteiger partial charge in [0.15, 0.2) is 0 Å². The molecule has 2 aromatic carbocycles. The number of para-hydroxylation sites is 1. The Morgan fingerprint density at radius 3 is 2.30 bits per heavy atom. The molecule has 1 aliphatic heterocycles. The number of sulfonamides is 1. The Kier molecular flexibility index (Phi) is 4.05. The van der Waals surface area contributed by atoms with Crippen molar-refractivity contribution in [2.24, 2.45) is 0 Å². The number of hydrogen-bond acceptors (Lipinski definition) is 3. The predicted molar refractivity (Wildman–Crippen MR) is 83.1 cm³/mol. The molecule has 0 unspecified atom stereocenters. The number of nitrogens with zero attached hydrogens (tertiary/aromatic N) is 1. The fraction of sp³-hybridized carbons (Fsp3) is 0.200. The molecule has 0 fully saturated rings. The molecule has 3 nitrogen and oxygen atoms in total. The van der Waals surface area contributed by atoms with E-state index in [2.05, 4.69) is 0 Å². The number of halogens is 3. The molecule has 2 aromatic rings. The molecule has 1 aliphatic rings. The Morgan fingerprint density at radius 2 is 1.65 bits per heavy atom. The number of thioether (sulfide) groups is 1. The van der Waals surface area contributed by atoms with Crippen LogP contribution in [0, 0.1) is 0 Å². The van der Waals surface area contributed by atoms with Crippen LogP contribution in [0.5, 0.6) is 0 Å². The van der Waals surface area contributed by atoms with E-state index < -0.39 is 21.8 Å². The first kappa shape index (κ1) is 16.2. The van der Waals surface area contributed by atoms with Crippen molar-refractivity contribution >= 4 is 27.5 Å². The minimum atomic E-state index is -4.49.